The molecule has 2 aromatic heterocycles. The van der Waals surface area contributed by atoms with Gasteiger partial charge in [0.2, 0.25) is 0 Å². The zero-order chi connectivity index (χ0) is 14.4. The maximum absolute atomic E-state index is 5.90. The summed E-state index contributed by atoms with van der Waals surface area (Å²) < 4.78 is 23.2. The van der Waals surface area contributed by atoms with Crippen LogP contribution >= 0.6 is 22.7 Å². The van der Waals surface area contributed by atoms with Crippen molar-refractivity contribution in [1.82, 2.24) is 0 Å². The third-order valence-corrected chi connectivity index (χ3v) is 6.01. The normalized spacial score (nSPS) is 16.3. The third kappa shape index (κ3) is 2.08. The first-order chi connectivity index (χ1) is 10.3. The highest BCUT2D eigenvalue weighted by Gasteiger charge is 2.30. The molecule has 0 unspecified atom stereocenters. The number of hydrogen-bond donors (Lipinski definition) is 0. The molecule has 2 aliphatic heterocycles. The van der Waals surface area contributed by atoms with E-state index in [0.29, 0.717) is 32.3 Å². The Morgan fingerprint density at radius 3 is 2.29 bits per heavy atom. The van der Waals surface area contributed by atoms with Crippen molar-refractivity contribution in [3.8, 4) is 32.8 Å². The molecule has 2 aromatic rings. The predicted octanol–water partition coefficient (Wildman–Crippen LogP) is 4.14. The first-order valence-corrected chi connectivity index (χ1v) is 8.75. The van der Waals surface area contributed by atoms with E-state index in [4.69, 9.17) is 18.9 Å². The van der Waals surface area contributed by atoms with Gasteiger partial charge in [0.1, 0.15) is 26.4 Å². The SMILES string of the molecule is CC(C)c1sc(-c2scc3c2OCCO3)c2c1OCCO2. The summed E-state index contributed by atoms with van der Waals surface area (Å²) in [5, 5.41) is 2.01. The molecule has 0 spiro atoms. The number of thiophene rings is 2. The van der Waals surface area contributed by atoms with Crippen LogP contribution in [0.2, 0.25) is 0 Å². The van der Waals surface area contributed by atoms with E-state index in [2.05, 4.69) is 13.8 Å². The molecule has 0 saturated heterocycles. The Kier molecular flexibility index (Phi) is 3.23. The van der Waals surface area contributed by atoms with Crippen molar-refractivity contribution >= 4 is 22.7 Å². The van der Waals surface area contributed by atoms with E-state index >= 15 is 0 Å². The number of hydrogen-bond acceptors (Lipinski definition) is 6. The van der Waals surface area contributed by atoms with Crippen LogP contribution in [0, 0.1) is 0 Å². The standard InChI is InChI=1S/C15H16O4S2/c1-8(2)13-11-12(19-6-5-18-11)15(21-13)14-10-9(7-20-14)16-3-4-17-10/h7-8H,3-6H2,1-2H3. The highest BCUT2D eigenvalue weighted by Crippen LogP contribution is 2.57. The molecule has 0 N–H and O–H groups in total. The van der Waals surface area contributed by atoms with Gasteiger partial charge in [-0.15, -0.1) is 22.7 Å². The van der Waals surface area contributed by atoms with Crippen LogP contribution in [0.4, 0.5) is 0 Å². The van der Waals surface area contributed by atoms with Gasteiger partial charge in [-0.05, 0) is 5.92 Å². The van der Waals surface area contributed by atoms with Crippen molar-refractivity contribution in [3.63, 3.8) is 0 Å². The molecule has 0 atom stereocenters. The molecular formula is C15H16O4S2. The van der Waals surface area contributed by atoms with Crippen molar-refractivity contribution < 1.29 is 18.9 Å². The van der Waals surface area contributed by atoms with Crippen molar-refractivity contribution in [2.24, 2.45) is 0 Å². The average molecular weight is 324 g/mol. The summed E-state index contributed by atoms with van der Waals surface area (Å²) in [6.07, 6.45) is 0. The zero-order valence-electron chi connectivity index (χ0n) is 11.9. The largest absolute Gasteiger partial charge is 0.485 e. The minimum atomic E-state index is 0.409. The lowest BCUT2D eigenvalue weighted by Gasteiger charge is -2.18. The molecule has 4 nitrogen and oxygen atoms in total. The number of ether oxygens (including phenoxy) is 4. The lowest BCUT2D eigenvalue weighted by atomic mass is 10.1. The molecule has 21 heavy (non-hydrogen) atoms. The summed E-state index contributed by atoms with van der Waals surface area (Å²) in [5.41, 5.74) is 0. The first kappa shape index (κ1) is 13.3. The van der Waals surface area contributed by atoms with Gasteiger partial charge in [-0.1, -0.05) is 13.8 Å². The van der Waals surface area contributed by atoms with Crippen LogP contribution in [-0.2, 0) is 0 Å². The second kappa shape index (κ2) is 5.10. The summed E-state index contributed by atoms with van der Waals surface area (Å²) in [7, 11) is 0. The molecule has 0 bridgehead atoms. The molecule has 0 aliphatic carbocycles. The van der Waals surface area contributed by atoms with E-state index in [9.17, 15) is 0 Å². The van der Waals surface area contributed by atoms with Gasteiger partial charge in [-0.2, -0.15) is 0 Å². The Morgan fingerprint density at radius 1 is 0.857 bits per heavy atom. The number of fused-ring (bicyclic) bond motifs is 2. The molecule has 0 radical (unpaired) electrons. The van der Waals surface area contributed by atoms with Gasteiger partial charge in [-0.3, -0.25) is 0 Å². The minimum Gasteiger partial charge on any atom is -0.485 e. The van der Waals surface area contributed by atoms with E-state index < -0.39 is 0 Å². The van der Waals surface area contributed by atoms with Crippen LogP contribution in [0.3, 0.4) is 0 Å². The highest BCUT2D eigenvalue weighted by molar-refractivity contribution is 7.22. The Labute approximate surface area is 131 Å². The van der Waals surface area contributed by atoms with Crippen LogP contribution < -0.4 is 18.9 Å². The van der Waals surface area contributed by atoms with Crippen molar-refractivity contribution in [2.75, 3.05) is 26.4 Å². The van der Waals surface area contributed by atoms with Gasteiger partial charge in [0.05, 0.1) is 14.6 Å². The summed E-state index contributed by atoms with van der Waals surface area (Å²) in [4.78, 5) is 3.42. The van der Waals surface area contributed by atoms with Gasteiger partial charge in [-0.25, -0.2) is 0 Å². The van der Waals surface area contributed by atoms with E-state index in [1.165, 1.54) is 4.88 Å². The van der Waals surface area contributed by atoms with Crippen LogP contribution in [0.15, 0.2) is 5.38 Å². The Bertz CT molecular complexity index is 672. The van der Waals surface area contributed by atoms with Crippen molar-refractivity contribution in [1.29, 1.82) is 0 Å². The second-order valence-electron chi connectivity index (χ2n) is 5.26. The van der Waals surface area contributed by atoms with Gasteiger partial charge >= 0.3 is 0 Å². The van der Waals surface area contributed by atoms with Crippen molar-refractivity contribution in [2.45, 2.75) is 19.8 Å². The van der Waals surface area contributed by atoms with Gasteiger partial charge < -0.3 is 18.9 Å². The predicted molar refractivity (Wildman–Crippen MR) is 83.7 cm³/mol. The van der Waals surface area contributed by atoms with E-state index in [1.807, 2.05) is 5.38 Å². The molecule has 6 heteroatoms. The zero-order valence-corrected chi connectivity index (χ0v) is 13.6. The molecule has 112 valence electrons. The fourth-order valence-electron chi connectivity index (χ4n) is 2.52. The quantitative estimate of drug-likeness (QED) is 0.832. The molecule has 2 aliphatic rings. The smallest absolute Gasteiger partial charge is 0.181 e. The lowest BCUT2D eigenvalue weighted by molar-refractivity contribution is 0.171. The van der Waals surface area contributed by atoms with Crippen LogP contribution in [0.5, 0.6) is 23.0 Å². The summed E-state index contributed by atoms with van der Waals surface area (Å²) in [5.74, 6) is 3.88. The Morgan fingerprint density at radius 2 is 1.52 bits per heavy atom. The lowest BCUT2D eigenvalue weighted by Crippen LogP contribution is -2.15. The Hall–Kier alpha value is -1.40. The minimum absolute atomic E-state index is 0.409. The van der Waals surface area contributed by atoms with E-state index in [0.717, 1.165) is 32.8 Å². The molecule has 0 amide bonds. The van der Waals surface area contributed by atoms with Crippen LogP contribution in [0.25, 0.3) is 9.75 Å². The van der Waals surface area contributed by atoms with Gasteiger partial charge in [0, 0.05) is 5.38 Å². The van der Waals surface area contributed by atoms with Gasteiger partial charge in [0.25, 0.3) is 0 Å². The van der Waals surface area contributed by atoms with Crippen LogP contribution in [-0.4, -0.2) is 26.4 Å². The molecule has 4 heterocycles. The first-order valence-electron chi connectivity index (χ1n) is 7.05. The van der Waals surface area contributed by atoms with Crippen LogP contribution in [0.1, 0.15) is 24.6 Å². The molecule has 4 rings (SSSR count). The maximum Gasteiger partial charge on any atom is 0.181 e. The summed E-state index contributed by atoms with van der Waals surface area (Å²) in [6.45, 7) is 6.78. The topological polar surface area (TPSA) is 36.9 Å². The van der Waals surface area contributed by atoms with E-state index in [-0.39, 0.29) is 0 Å². The maximum atomic E-state index is 5.90. The van der Waals surface area contributed by atoms with Gasteiger partial charge in [0.15, 0.2) is 23.0 Å². The highest BCUT2D eigenvalue weighted by atomic mass is 32.1. The average Bonchev–Trinajstić information content (AvgIpc) is 3.08. The molecule has 0 aromatic carbocycles. The summed E-state index contributed by atoms with van der Waals surface area (Å²) in [6, 6.07) is 0. The fourth-order valence-corrected chi connectivity index (χ4v) is 4.79. The fraction of sp³-hybridized carbons (Fsp3) is 0.467. The second-order valence-corrected chi connectivity index (χ2v) is 7.19. The Balaban J connectivity index is 1.87. The molecular weight excluding hydrogens is 308 g/mol. The molecule has 0 fully saturated rings. The molecule has 0 saturated carbocycles. The number of rotatable bonds is 2. The van der Waals surface area contributed by atoms with Crippen molar-refractivity contribution in [3.05, 3.63) is 10.3 Å². The monoisotopic (exact) mass is 324 g/mol. The van der Waals surface area contributed by atoms with E-state index in [1.54, 1.807) is 22.7 Å². The summed E-state index contributed by atoms with van der Waals surface area (Å²) >= 11 is 3.38. The third-order valence-electron chi connectivity index (χ3n) is 3.46.